The summed E-state index contributed by atoms with van der Waals surface area (Å²) in [6.07, 6.45) is -0.167. The molecule has 0 saturated carbocycles. The fraction of sp³-hybridized carbons (Fsp3) is 0.182. The summed E-state index contributed by atoms with van der Waals surface area (Å²) in [4.78, 5) is 44.7. The van der Waals surface area contributed by atoms with Gasteiger partial charge in [-0.2, -0.15) is 4.98 Å². The number of aryl methyl sites for hydroxylation is 2. The molecule has 8 nitrogen and oxygen atoms in total. The molecule has 158 valence electrons. The first-order valence-electron chi connectivity index (χ1n) is 9.65. The zero-order valence-electron chi connectivity index (χ0n) is 16.9. The van der Waals surface area contributed by atoms with Gasteiger partial charge in [0.15, 0.2) is 0 Å². The highest BCUT2D eigenvalue weighted by Gasteiger charge is 2.34. The summed E-state index contributed by atoms with van der Waals surface area (Å²) in [5.74, 6) is -2.19. The number of nitrogens with one attached hydrogen (secondary N) is 4. The summed E-state index contributed by atoms with van der Waals surface area (Å²) in [6, 6.07) is 11.0. The number of aromatic nitrogens is 2. The third-order valence-corrected chi connectivity index (χ3v) is 5.15. The first-order valence-corrected chi connectivity index (χ1v) is 9.65. The van der Waals surface area contributed by atoms with Crippen molar-refractivity contribution in [2.75, 3.05) is 16.0 Å². The van der Waals surface area contributed by atoms with Gasteiger partial charge >= 0.3 is 0 Å². The third kappa shape index (κ3) is 4.30. The Bertz CT molecular complexity index is 1240. The Balaban J connectivity index is 1.63. The minimum atomic E-state index is -0.985. The van der Waals surface area contributed by atoms with E-state index in [1.807, 2.05) is 26.0 Å². The van der Waals surface area contributed by atoms with Gasteiger partial charge in [-0.1, -0.05) is 6.07 Å². The van der Waals surface area contributed by atoms with Crippen LogP contribution >= 0.6 is 0 Å². The van der Waals surface area contributed by atoms with E-state index in [2.05, 4.69) is 25.9 Å². The second kappa shape index (κ2) is 8.02. The van der Waals surface area contributed by atoms with E-state index in [1.54, 1.807) is 6.07 Å². The Labute approximate surface area is 176 Å². The predicted molar refractivity (Wildman–Crippen MR) is 115 cm³/mol. The quantitative estimate of drug-likeness (QED) is 0.516. The smallest absolute Gasteiger partial charge is 0.258 e. The molecular formula is C22H20FN5O3. The molecule has 1 aromatic heterocycles. The lowest BCUT2D eigenvalue weighted by molar-refractivity contribution is -0.123. The maximum Gasteiger partial charge on any atom is 0.258 e. The van der Waals surface area contributed by atoms with E-state index in [1.165, 1.54) is 24.3 Å². The molecular weight excluding hydrogens is 401 g/mol. The summed E-state index contributed by atoms with van der Waals surface area (Å²) >= 11 is 0. The first-order chi connectivity index (χ1) is 14.8. The number of anilines is 4. The lowest BCUT2D eigenvalue weighted by Crippen LogP contribution is -2.36. The van der Waals surface area contributed by atoms with Crippen LogP contribution < -0.4 is 21.5 Å². The lowest BCUT2D eigenvalue weighted by Gasteiger charge is -2.23. The summed E-state index contributed by atoms with van der Waals surface area (Å²) < 4.78 is 13.1. The van der Waals surface area contributed by atoms with Crippen LogP contribution in [0.5, 0.6) is 0 Å². The van der Waals surface area contributed by atoms with Crippen LogP contribution in [0.25, 0.3) is 0 Å². The lowest BCUT2D eigenvalue weighted by atomic mass is 9.92. The van der Waals surface area contributed by atoms with Gasteiger partial charge in [0.1, 0.15) is 11.6 Å². The Hall–Kier alpha value is -4.01. The van der Waals surface area contributed by atoms with Gasteiger partial charge in [0.05, 0.1) is 11.5 Å². The molecule has 3 aromatic rings. The molecule has 0 radical (unpaired) electrons. The van der Waals surface area contributed by atoms with E-state index in [-0.39, 0.29) is 23.8 Å². The maximum atomic E-state index is 13.1. The summed E-state index contributed by atoms with van der Waals surface area (Å²) in [5, 5.41) is 8.18. The number of carbonyl (C=O) groups excluding carboxylic acids is 2. The van der Waals surface area contributed by atoms with E-state index in [0.29, 0.717) is 11.4 Å². The molecule has 0 fully saturated rings. The minimum Gasteiger partial charge on any atom is -0.326 e. The van der Waals surface area contributed by atoms with Gasteiger partial charge in [-0.3, -0.25) is 19.4 Å². The third-order valence-electron chi connectivity index (χ3n) is 5.15. The van der Waals surface area contributed by atoms with Crippen molar-refractivity contribution in [2.45, 2.75) is 26.2 Å². The number of amides is 2. The van der Waals surface area contributed by atoms with Crippen LogP contribution in [0.2, 0.25) is 0 Å². The summed E-state index contributed by atoms with van der Waals surface area (Å²) in [7, 11) is 0. The van der Waals surface area contributed by atoms with Crippen LogP contribution in [0.3, 0.4) is 0 Å². The number of nitrogens with zero attached hydrogens (tertiary/aromatic N) is 1. The van der Waals surface area contributed by atoms with Crippen molar-refractivity contribution >= 4 is 35.0 Å². The number of carbonyl (C=O) groups is 2. The highest BCUT2D eigenvalue weighted by atomic mass is 19.1. The predicted octanol–water partition coefficient (Wildman–Crippen LogP) is 3.33. The molecule has 0 unspecified atom stereocenters. The van der Waals surface area contributed by atoms with Crippen molar-refractivity contribution in [3.8, 4) is 0 Å². The second-order valence-corrected chi connectivity index (χ2v) is 7.40. The van der Waals surface area contributed by atoms with E-state index < -0.39 is 29.1 Å². The fourth-order valence-corrected chi connectivity index (χ4v) is 3.37. The monoisotopic (exact) mass is 421 g/mol. The number of rotatable bonds is 4. The fourth-order valence-electron chi connectivity index (χ4n) is 3.37. The van der Waals surface area contributed by atoms with Gasteiger partial charge in [-0.05, 0) is 61.4 Å². The molecule has 2 heterocycles. The number of halogens is 1. The second-order valence-electron chi connectivity index (χ2n) is 7.40. The van der Waals surface area contributed by atoms with Gasteiger partial charge in [-0.15, -0.1) is 0 Å². The molecule has 2 aromatic carbocycles. The van der Waals surface area contributed by atoms with Crippen molar-refractivity contribution in [1.82, 2.24) is 9.97 Å². The van der Waals surface area contributed by atoms with Gasteiger partial charge in [0.25, 0.3) is 5.56 Å². The van der Waals surface area contributed by atoms with E-state index in [4.69, 9.17) is 0 Å². The number of hydrogen-bond donors (Lipinski definition) is 4. The van der Waals surface area contributed by atoms with Crippen LogP contribution in [0.15, 0.2) is 47.3 Å². The SMILES string of the molecule is Cc1ccc(NC(=O)[C@H]2CC(=O)Nc3nc(Nc4ccc(F)cc4)[nH]c(=O)c32)cc1C. The zero-order chi connectivity index (χ0) is 22.1. The zero-order valence-corrected chi connectivity index (χ0v) is 16.9. The average Bonchev–Trinajstić information content (AvgIpc) is 2.71. The number of benzene rings is 2. The topological polar surface area (TPSA) is 116 Å². The number of H-pyrrole nitrogens is 1. The molecule has 1 aliphatic heterocycles. The van der Waals surface area contributed by atoms with Crippen molar-refractivity contribution in [3.63, 3.8) is 0 Å². The molecule has 0 spiro atoms. The van der Waals surface area contributed by atoms with Crippen LogP contribution in [-0.2, 0) is 9.59 Å². The van der Waals surface area contributed by atoms with Crippen molar-refractivity contribution < 1.29 is 14.0 Å². The Morgan fingerprint density at radius 1 is 1.06 bits per heavy atom. The van der Waals surface area contributed by atoms with Gasteiger partial charge in [0.2, 0.25) is 17.8 Å². The van der Waals surface area contributed by atoms with Gasteiger partial charge in [-0.25, -0.2) is 4.39 Å². The molecule has 4 N–H and O–H groups in total. The van der Waals surface area contributed by atoms with Gasteiger partial charge < -0.3 is 16.0 Å². The van der Waals surface area contributed by atoms with Gasteiger partial charge in [0, 0.05) is 17.8 Å². The van der Waals surface area contributed by atoms with Crippen LogP contribution in [0, 0.1) is 19.7 Å². The van der Waals surface area contributed by atoms with Crippen molar-refractivity contribution in [3.05, 3.63) is 75.3 Å². The number of hydrogen-bond acceptors (Lipinski definition) is 5. The standard InChI is InChI=1S/C22H20FN5O3/c1-11-3-6-15(9-12(11)2)24-20(30)16-10-17(29)26-19-18(16)21(31)28-22(27-19)25-14-7-4-13(23)5-8-14/h3-9,16H,10H2,1-2H3,(H,24,30)(H3,25,26,27,28,29,31)/t16-/m0/s1. The molecule has 4 rings (SSSR count). The van der Waals surface area contributed by atoms with Crippen molar-refractivity contribution in [2.24, 2.45) is 0 Å². The highest BCUT2D eigenvalue weighted by Crippen LogP contribution is 2.30. The molecule has 2 amide bonds. The number of fused-ring (bicyclic) bond motifs is 1. The van der Waals surface area contributed by atoms with E-state index in [0.717, 1.165) is 11.1 Å². The maximum absolute atomic E-state index is 13.1. The molecule has 31 heavy (non-hydrogen) atoms. The average molecular weight is 421 g/mol. The van der Waals surface area contributed by atoms with Crippen LogP contribution in [0.4, 0.5) is 27.5 Å². The Kier molecular flexibility index (Phi) is 5.24. The van der Waals surface area contributed by atoms with E-state index >= 15 is 0 Å². The summed E-state index contributed by atoms with van der Waals surface area (Å²) in [6.45, 7) is 3.89. The summed E-state index contributed by atoms with van der Waals surface area (Å²) in [5.41, 5.74) is 2.72. The largest absolute Gasteiger partial charge is 0.326 e. The van der Waals surface area contributed by atoms with Crippen LogP contribution in [-0.4, -0.2) is 21.8 Å². The first kappa shape index (κ1) is 20.3. The number of aromatic amines is 1. The van der Waals surface area contributed by atoms with E-state index in [9.17, 15) is 18.8 Å². The minimum absolute atomic E-state index is 0.0184. The highest BCUT2D eigenvalue weighted by molar-refractivity contribution is 6.04. The normalized spacial score (nSPS) is 15.1. The van der Waals surface area contributed by atoms with Crippen LogP contribution in [0.1, 0.15) is 29.0 Å². The van der Waals surface area contributed by atoms with Crippen molar-refractivity contribution in [1.29, 1.82) is 0 Å². The molecule has 0 saturated heterocycles. The molecule has 0 bridgehead atoms. The molecule has 1 aliphatic rings. The Morgan fingerprint density at radius 2 is 1.77 bits per heavy atom. The molecule has 0 aliphatic carbocycles. The molecule has 9 heteroatoms. The molecule has 1 atom stereocenters. The Morgan fingerprint density at radius 3 is 2.48 bits per heavy atom.